The molecular weight excluding hydrogens is 322 g/mol. The average Bonchev–Trinajstić information content (AvgIpc) is 2.10. The summed E-state index contributed by atoms with van der Waals surface area (Å²) in [7, 11) is 0. The normalized spacial score (nSPS) is 18.6. The zero-order valence-corrected chi connectivity index (χ0v) is 11.4. The minimum atomic E-state index is 0.0898. The van der Waals surface area contributed by atoms with E-state index in [1.807, 2.05) is 12.1 Å². The Balaban J connectivity index is 2.27. The smallest absolute Gasteiger partial charge is 0.143 e. The summed E-state index contributed by atoms with van der Waals surface area (Å²) in [6.45, 7) is 0. The Bertz CT molecular complexity index is 354. The number of phenolic OH excluding ortho intramolecular Hbond substituents is 1. The summed E-state index contributed by atoms with van der Waals surface area (Å²) in [6, 6.07) is 3.90. The molecule has 4 heteroatoms. The molecule has 82 valence electrons. The Morgan fingerprint density at radius 2 is 1.80 bits per heavy atom. The first-order valence-electron chi connectivity index (χ1n) is 5.03. The zero-order chi connectivity index (χ0) is 11.0. The van der Waals surface area contributed by atoms with Crippen molar-refractivity contribution in [3.63, 3.8) is 0 Å². The fourth-order valence-corrected chi connectivity index (χ4v) is 3.07. The number of nitrogens with two attached hydrogens (primary N) is 1. The molecule has 0 aromatic heterocycles. The lowest BCUT2D eigenvalue weighted by molar-refractivity contribution is 0.264. The Morgan fingerprint density at radius 1 is 1.27 bits per heavy atom. The average molecular weight is 335 g/mol. The van der Waals surface area contributed by atoms with Gasteiger partial charge < -0.3 is 10.8 Å². The van der Waals surface area contributed by atoms with Gasteiger partial charge in [0.1, 0.15) is 5.75 Å². The first-order chi connectivity index (χ1) is 7.09. The first kappa shape index (κ1) is 11.4. The van der Waals surface area contributed by atoms with Gasteiger partial charge in [-0.15, -0.1) is 0 Å². The van der Waals surface area contributed by atoms with Gasteiger partial charge in [0, 0.05) is 6.04 Å². The van der Waals surface area contributed by atoms with Crippen molar-refractivity contribution in [2.24, 2.45) is 11.7 Å². The van der Waals surface area contributed by atoms with E-state index in [4.69, 9.17) is 5.73 Å². The molecule has 0 spiro atoms. The van der Waals surface area contributed by atoms with Crippen molar-refractivity contribution >= 4 is 31.9 Å². The molecule has 0 aliphatic heterocycles. The number of hydrogen-bond donors (Lipinski definition) is 2. The maximum atomic E-state index is 9.59. The van der Waals surface area contributed by atoms with Gasteiger partial charge >= 0.3 is 0 Å². The number of benzene rings is 1. The maximum Gasteiger partial charge on any atom is 0.143 e. The molecule has 2 rings (SSSR count). The second-order valence-corrected chi connectivity index (χ2v) is 5.76. The number of aromatic hydroxyl groups is 1. The van der Waals surface area contributed by atoms with E-state index < -0.39 is 0 Å². The molecular formula is C11H13Br2NO. The summed E-state index contributed by atoms with van der Waals surface area (Å²) in [5, 5.41) is 9.59. The Hall–Kier alpha value is -0.0600. The third-order valence-corrected chi connectivity index (χ3v) is 4.29. The predicted molar refractivity (Wildman–Crippen MR) is 67.8 cm³/mol. The summed E-state index contributed by atoms with van der Waals surface area (Å²) >= 11 is 6.64. The third kappa shape index (κ3) is 2.22. The fraction of sp³-hybridized carbons (Fsp3) is 0.455. The molecule has 0 unspecified atom stereocenters. The van der Waals surface area contributed by atoms with E-state index >= 15 is 0 Å². The highest BCUT2D eigenvalue weighted by Crippen LogP contribution is 2.40. The summed E-state index contributed by atoms with van der Waals surface area (Å²) in [5.41, 5.74) is 7.24. The van der Waals surface area contributed by atoms with Crippen LogP contribution in [0.1, 0.15) is 30.9 Å². The molecule has 1 aliphatic rings. The van der Waals surface area contributed by atoms with Crippen LogP contribution in [0.5, 0.6) is 5.75 Å². The van der Waals surface area contributed by atoms with E-state index in [1.165, 1.54) is 19.3 Å². The quantitative estimate of drug-likeness (QED) is 0.865. The molecule has 0 bridgehead atoms. The van der Waals surface area contributed by atoms with Gasteiger partial charge in [-0.2, -0.15) is 0 Å². The van der Waals surface area contributed by atoms with E-state index in [0.29, 0.717) is 14.9 Å². The molecule has 1 saturated carbocycles. The van der Waals surface area contributed by atoms with E-state index in [-0.39, 0.29) is 11.8 Å². The molecule has 3 N–H and O–H groups in total. The monoisotopic (exact) mass is 333 g/mol. The van der Waals surface area contributed by atoms with Gasteiger partial charge in [-0.25, -0.2) is 0 Å². The van der Waals surface area contributed by atoms with Gasteiger partial charge in [-0.3, -0.25) is 0 Å². The van der Waals surface area contributed by atoms with Crippen LogP contribution in [0.3, 0.4) is 0 Å². The first-order valence-corrected chi connectivity index (χ1v) is 6.61. The molecule has 1 aromatic rings. The van der Waals surface area contributed by atoms with Crippen molar-refractivity contribution in [2.75, 3.05) is 0 Å². The van der Waals surface area contributed by atoms with Crippen molar-refractivity contribution in [3.8, 4) is 5.75 Å². The molecule has 0 radical (unpaired) electrons. The lowest BCUT2D eigenvalue weighted by Crippen LogP contribution is -2.26. The topological polar surface area (TPSA) is 46.2 Å². The molecule has 1 aromatic carbocycles. The highest BCUT2D eigenvalue weighted by molar-refractivity contribution is 9.11. The second-order valence-electron chi connectivity index (χ2n) is 4.05. The highest BCUT2D eigenvalue weighted by atomic mass is 79.9. The van der Waals surface area contributed by atoms with Crippen LogP contribution in [0, 0.1) is 5.92 Å². The van der Waals surface area contributed by atoms with Crippen LogP contribution in [0.25, 0.3) is 0 Å². The summed E-state index contributed by atoms with van der Waals surface area (Å²) < 4.78 is 1.39. The van der Waals surface area contributed by atoms with Crippen molar-refractivity contribution in [1.29, 1.82) is 0 Å². The Labute approximate surface area is 106 Å². The maximum absolute atomic E-state index is 9.59. The molecule has 2 nitrogen and oxygen atoms in total. The van der Waals surface area contributed by atoms with Crippen molar-refractivity contribution < 1.29 is 5.11 Å². The van der Waals surface area contributed by atoms with Crippen LogP contribution in [-0.4, -0.2) is 5.11 Å². The van der Waals surface area contributed by atoms with Crippen molar-refractivity contribution in [2.45, 2.75) is 25.3 Å². The fourth-order valence-electron chi connectivity index (χ4n) is 1.85. The summed E-state index contributed by atoms with van der Waals surface area (Å²) in [5.74, 6) is 0.841. The molecule has 0 heterocycles. The SMILES string of the molecule is N[C@@H](c1cc(Br)c(O)c(Br)c1)C1CCC1. The van der Waals surface area contributed by atoms with Gasteiger partial charge in [0.15, 0.2) is 0 Å². The number of phenols is 1. The van der Waals surface area contributed by atoms with E-state index in [2.05, 4.69) is 31.9 Å². The number of hydrogen-bond acceptors (Lipinski definition) is 2. The van der Waals surface area contributed by atoms with Gasteiger partial charge in [-0.1, -0.05) is 6.42 Å². The van der Waals surface area contributed by atoms with Crippen LogP contribution in [0.4, 0.5) is 0 Å². The largest absolute Gasteiger partial charge is 0.506 e. The molecule has 15 heavy (non-hydrogen) atoms. The minimum Gasteiger partial charge on any atom is -0.506 e. The molecule has 1 fully saturated rings. The number of halogens is 2. The molecule has 0 saturated heterocycles. The van der Waals surface area contributed by atoms with E-state index in [0.717, 1.165) is 5.56 Å². The van der Waals surface area contributed by atoms with Gasteiger partial charge in [0.25, 0.3) is 0 Å². The predicted octanol–water partition coefficient (Wildman–Crippen LogP) is 3.72. The van der Waals surface area contributed by atoms with Crippen molar-refractivity contribution in [1.82, 2.24) is 0 Å². The number of rotatable bonds is 2. The van der Waals surface area contributed by atoms with Crippen LogP contribution >= 0.6 is 31.9 Å². The van der Waals surface area contributed by atoms with Gasteiger partial charge in [0.05, 0.1) is 8.95 Å². The minimum absolute atomic E-state index is 0.0898. The highest BCUT2D eigenvalue weighted by Gasteiger charge is 2.26. The lowest BCUT2D eigenvalue weighted by atomic mass is 9.77. The lowest BCUT2D eigenvalue weighted by Gasteiger charge is -2.31. The van der Waals surface area contributed by atoms with Gasteiger partial charge in [-0.05, 0) is 68.3 Å². The van der Waals surface area contributed by atoms with Crippen LogP contribution in [0.15, 0.2) is 21.1 Å². The Morgan fingerprint density at radius 3 is 2.20 bits per heavy atom. The Kier molecular flexibility index (Phi) is 3.38. The molecule has 0 amide bonds. The van der Waals surface area contributed by atoms with E-state index in [9.17, 15) is 5.11 Å². The van der Waals surface area contributed by atoms with E-state index in [1.54, 1.807) is 0 Å². The second kappa shape index (κ2) is 4.44. The van der Waals surface area contributed by atoms with Crippen molar-refractivity contribution in [3.05, 3.63) is 26.6 Å². The zero-order valence-electron chi connectivity index (χ0n) is 8.21. The third-order valence-electron chi connectivity index (χ3n) is 3.08. The van der Waals surface area contributed by atoms with Crippen LogP contribution < -0.4 is 5.73 Å². The van der Waals surface area contributed by atoms with Crippen LogP contribution in [0.2, 0.25) is 0 Å². The summed E-state index contributed by atoms with van der Waals surface area (Å²) in [4.78, 5) is 0. The van der Waals surface area contributed by atoms with Crippen LogP contribution in [-0.2, 0) is 0 Å². The summed E-state index contributed by atoms with van der Waals surface area (Å²) in [6.07, 6.45) is 3.73. The standard InChI is InChI=1S/C11H13Br2NO/c12-8-4-7(5-9(13)11(8)15)10(14)6-2-1-3-6/h4-6,10,15H,1-3,14H2/t10-/m1/s1. The molecule has 1 aliphatic carbocycles. The molecule has 1 atom stereocenters. The van der Waals surface area contributed by atoms with Gasteiger partial charge in [0.2, 0.25) is 0 Å².